The number of nitrogens with zero attached hydrogens (tertiary/aromatic N) is 2. The van der Waals surface area contributed by atoms with Crippen LogP contribution in [0.5, 0.6) is 0 Å². The summed E-state index contributed by atoms with van der Waals surface area (Å²) in [6.45, 7) is 2.48. The van der Waals surface area contributed by atoms with Crippen LogP contribution in [-0.2, 0) is 0 Å². The van der Waals surface area contributed by atoms with Crippen molar-refractivity contribution in [3.05, 3.63) is 15.9 Å². The lowest BCUT2D eigenvalue weighted by Crippen LogP contribution is -2.27. The van der Waals surface area contributed by atoms with E-state index in [0.29, 0.717) is 25.2 Å². The number of aliphatic hydroxyl groups excluding tert-OH is 1. The third-order valence-corrected chi connectivity index (χ3v) is 4.18. The summed E-state index contributed by atoms with van der Waals surface area (Å²) in [6, 6.07) is 0. The molecule has 2 N–H and O–H groups in total. The molecule has 1 fully saturated rings. The molecule has 2 rings (SSSR count). The van der Waals surface area contributed by atoms with Crippen LogP contribution >= 0.6 is 15.9 Å². The molecular formula is C11H16BrF2N3O. The zero-order valence-electron chi connectivity index (χ0n) is 10.1. The molecule has 1 aliphatic heterocycles. The molecule has 1 saturated heterocycles. The number of nitrogens with one attached hydrogen (secondary N) is 1. The summed E-state index contributed by atoms with van der Waals surface area (Å²) < 4.78 is 26.7. The van der Waals surface area contributed by atoms with Gasteiger partial charge < -0.3 is 5.11 Å². The van der Waals surface area contributed by atoms with Gasteiger partial charge in [0.2, 0.25) is 0 Å². The average molecular weight is 324 g/mol. The Hall–Kier alpha value is -0.530. The van der Waals surface area contributed by atoms with Gasteiger partial charge in [-0.1, -0.05) is 0 Å². The molecule has 2 heterocycles. The third kappa shape index (κ3) is 3.07. The minimum atomic E-state index is -2.57. The van der Waals surface area contributed by atoms with E-state index in [1.165, 1.54) is 0 Å². The highest BCUT2D eigenvalue weighted by molar-refractivity contribution is 9.10. The van der Waals surface area contributed by atoms with E-state index in [0.717, 1.165) is 10.2 Å². The first-order valence-electron chi connectivity index (χ1n) is 5.88. The molecule has 1 aromatic rings. The Labute approximate surface area is 112 Å². The van der Waals surface area contributed by atoms with E-state index in [1.807, 2.05) is 6.92 Å². The molecule has 18 heavy (non-hydrogen) atoms. The van der Waals surface area contributed by atoms with Crippen molar-refractivity contribution >= 4 is 15.9 Å². The summed E-state index contributed by atoms with van der Waals surface area (Å²) in [5.41, 5.74) is 1.38. The van der Waals surface area contributed by atoms with Crippen LogP contribution in [0.15, 0.2) is 4.47 Å². The highest BCUT2D eigenvalue weighted by Gasteiger charge is 2.38. The lowest BCUT2D eigenvalue weighted by Gasteiger charge is -2.17. The molecule has 0 bridgehead atoms. The Morgan fingerprint density at radius 2 is 2.33 bits per heavy atom. The number of aromatic nitrogens is 2. The molecule has 1 aromatic heterocycles. The molecular weight excluding hydrogens is 308 g/mol. The van der Waals surface area contributed by atoms with Gasteiger partial charge in [0.15, 0.2) is 0 Å². The molecule has 0 amide bonds. The predicted octanol–water partition coefficient (Wildman–Crippen LogP) is 2.25. The maximum atomic E-state index is 13.0. The van der Waals surface area contributed by atoms with Gasteiger partial charge >= 0.3 is 0 Å². The monoisotopic (exact) mass is 323 g/mol. The number of H-pyrrole nitrogens is 1. The fourth-order valence-electron chi connectivity index (χ4n) is 2.09. The first-order valence-corrected chi connectivity index (χ1v) is 6.67. The molecule has 0 saturated carbocycles. The standard InChI is InChI=1S/C11H16BrF2N3O/c1-7-9(12)10(16-15-7)8(18)2-4-17-5-3-11(13,14)6-17/h8,18H,2-6H2,1H3,(H,15,16)/t8-/m1/s1. The molecule has 0 spiro atoms. The van der Waals surface area contributed by atoms with Crippen LogP contribution in [0.3, 0.4) is 0 Å². The summed E-state index contributed by atoms with van der Waals surface area (Å²) >= 11 is 3.34. The molecule has 102 valence electrons. The summed E-state index contributed by atoms with van der Waals surface area (Å²) in [5.74, 6) is -2.57. The second-order valence-electron chi connectivity index (χ2n) is 4.73. The SMILES string of the molecule is Cc1[nH]nc([C@H](O)CCN2CCC(F)(F)C2)c1Br. The molecule has 1 aliphatic rings. The number of aliphatic hydroxyl groups is 1. The number of hydrogen-bond acceptors (Lipinski definition) is 3. The molecule has 0 aromatic carbocycles. The van der Waals surface area contributed by atoms with E-state index in [4.69, 9.17) is 0 Å². The fraction of sp³-hybridized carbons (Fsp3) is 0.727. The number of aryl methyl sites for hydroxylation is 1. The molecule has 0 radical (unpaired) electrons. The number of halogens is 3. The van der Waals surface area contributed by atoms with Gasteiger partial charge in [-0.25, -0.2) is 8.78 Å². The van der Waals surface area contributed by atoms with Crippen LogP contribution in [0.4, 0.5) is 8.78 Å². The third-order valence-electron chi connectivity index (χ3n) is 3.18. The smallest absolute Gasteiger partial charge is 0.261 e. The van der Waals surface area contributed by atoms with E-state index in [2.05, 4.69) is 26.1 Å². The normalized spacial score (nSPS) is 21.4. The fourth-order valence-corrected chi connectivity index (χ4v) is 2.54. The number of hydrogen-bond donors (Lipinski definition) is 2. The summed E-state index contributed by atoms with van der Waals surface area (Å²) in [4.78, 5) is 1.68. The van der Waals surface area contributed by atoms with Crippen molar-refractivity contribution in [2.75, 3.05) is 19.6 Å². The van der Waals surface area contributed by atoms with Crippen molar-refractivity contribution in [3.8, 4) is 0 Å². The number of aromatic amines is 1. The van der Waals surface area contributed by atoms with Crippen LogP contribution < -0.4 is 0 Å². The number of rotatable bonds is 4. The topological polar surface area (TPSA) is 52.1 Å². The second kappa shape index (κ2) is 5.22. The Kier molecular flexibility index (Phi) is 4.03. The van der Waals surface area contributed by atoms with Gasteiger partial charge in [0, 0.05) is 25.2 Å². The van der Waals surface area contributed by atoms with Crippen molar-refractivity contribution in [1.29, 1.82) is 0 Å². The van der Waals surface area contributed by atoms with E-state index < -0.39 is 12.0 Å². The Bertz CT molecular complexity index is 424. The van der Waals surface area contributed by atoms with Crippen molar-refractivity contribution in [2.24, 2.45) is 0 Å². The molecule has 0 unspecified atom stereocenters. The zero-order chi connectivity index (χ0) is 13.3. The molecule has 0 aliphatic carbocycles. The molecule has 4 nitrogen and oxygen atoms in total. The van der Waals surface area contributed by atoms with E-state index in [9.17, 15) is 13.9 Å². The van der Waals surface area contributed by atoms with Crippen molar-refractivity contribution in [2.45, 2.75) is 31.8 Å². The average Bonchev–Trinajstić information content (AvgIpc) is 2.80. The second-order valence-corrected chi connectivity index (χ2v) is 5.53. The van der Waals surface area contributed by atoms with Crippen LogP contribution in [0.2, 0.25) is 0 Å². The lowest BCUT2D eigenvalue weighted by molar-refractivity contribution is 0.0107. The van der Waals surface area contributed by atoms with Gasteiger partial charge in [-0.2, -0.15) is 5.10 Å². The molecule has 7 heteroatoms. The summed E-state index contributed by atoms with van der Waals surface area (Å²) in [5, 5.41) is 16.7. The van der Waals surface area contributed by atoms with Crippen molar-refractivity contribution in [1.82, 2.24) is 15.1 Å². The minimum Gasteiger partial charge on any atom is -0.387 e. The minimum absolute atomic E-state index is 0.0890. The predicted molar refractivity (Wildman–Crippen MR) is 66.6 cm³/mol. The van der Waals surface area contributed by atoms with Gasteiger partial charge in [-0.3, -0.25) is 10.00 Å². The lowest BCUT2D eigenvalue weighted by atomic mass is 10.2. The summed E-state index contributed by atoms with van der Waals surface area (Å²) in [7, 11) is 0. The van der Waals surface area contributed by atoms with Gasteiger partial charge in [-0.15, -0.1) is 0 Å². The molecule has 1 atom stereocenters. The Morgan fingerprint density at radius 3 is 2.83 bits per heavy atom. The first kappa shape index (κ1) is 13.9. The largest absolute Gasteiger partial charge is 0.387 e. The Balaban J connectivity index is 1.86. The van der Waals surface area contributed by atoms with E-state index >= 15 is 0 Å². The van der Waals surface area contributed by atoms with Crippen LogP contribution in [-0.4, -0.2) is 45.8 Å². The Morgan fingerprint density at radius 1 is 1.61 bits per heavy atom. The highest BCUT2D eigenvalue weighted by atomic mass is 79.9. The zero-order valence-corrected chi connectivity index (χ0v) is 11.7. The summed E-state index contributed by atoms with van der Waals surface area (Å²) in [6.07, 6.45) is -0.425. The maximum absolute atomic E-state index is 13.0. The van der Waals surface area contributed by atoms with Crippen molar-refractivity contribution in [3.63, 3.8) is 0 Å². The van der Waals surface area contributed by atoms with E-state index in [1.54, 1.807) is 4.90 Å². The number of likely N-dealkylation sites (tertiary alicyclic amines) is 1. The van der Waals surface area contributed by atoms with E-state index in [-0.39, 0.29) is 13.0 Å². The van der Waals surface area contributed by atoms with Gasteiger partial charge in [-0.05, 0) is 29.3 Å². The van der Waals surface area contributed by atoms with Crippen LogP contribution in [0.1, 0.15) is 30.3 Å². The van der Waals surface area contributed by atoms with Crippen LogP contribution in [0.25, 0.3) is 0 Å². The quantitative estimate of drug-likeness (QED) is 0.893. The number of alkyl halides is 2. The van der Waals surface area contributed by atoms with Gasteiger partial charge in [0.05, 0.1) is 11.0 Å². The maximum Gasteiger partial charge on any atom is 0.261 e. The first-order chi connectivity index (χ1) is 8.39. The van der Waals surface area contributed by atoms with Gasteiger partial charge in [0.1, 0.15) is 11.8 Å². The highest BCUT2D eigenvalue weighted by Crippen LogP contribution is 2.29. The van der Waals surface area contributed by atoms with Gasteiger partial charge in [0.25, 0.3) is 5.92 Å². The van der Waals surface area contributed by atoms with Crippen LogP contribution in [0, 0.1) is 6.92 Å². The van der Waals surface area contributed by atoms with Crippen molar-refractivity contribution < 1.29 is 13.9 Å².